The van der Waals surface area contributed by atoms with E-state index in [-0.39, 0.29) is 24.1 Å². The summed E-state index contributed by atoms with van der Waals surface area (Å²) in [7, 11) is 0. The molecule has 0 saturated heterocycles. The lowest BCUT2D eigenvalue weighted by Gasteiger charge is -2.20. The highest BCUT2D eigenvalue weighted by Gasteiger charge is 2.17. The minimum atomic E-state index is -0.174. The Bertz CT molecular complexity index is 914. The van der Waals surface area contributed by atoms with Gasteiger partial charge < -0.3 is 10.2 Å². The van der Waals surface area contributed by atoms with E-state index in [0.717, 1.165) is 10.4 Å². The zero-order valence-corrected chi connectivity index (χ0v) is 17.7. The van der Waals surface area contributed by atoms with E-state index in [1.165, 1.54) is 16.7 Å². The van der Waals surface area contributed by atoms with Crippen molar-refractivity contribution >= 4 is 34.9 Å². The van der Waals surface area contributed by atoms with Gasteiger partial charge in [0, 0.05) is 11.4 Å². The van der Waals surface area contributed by atoms with Gasteiger partial charge in [0.05, 0.1) is 25.4 Å². The quantitative estimate of drug-likeness (QED) is 0.495. The van der Waals surface area contributed by atoms with Crippen LogP contribution in [0.1, 0.15) is 17.4 Å². The molecule has 3 rings (SSSR count). The fraction of sp³-hybridized carbons (Fsp3) is 0.316. The number of aromatic nitrogens is 4. The molecule has 0 aliphatic carbocycles. The van der Waals surface area contributed by atoms with Crippen molar-refractivity contribution in [2.45, 2.75) is 25.2 Å². The number of nitrogens with zero attached hydrogens (tertiary/aromatic N) is 5. The van der Waals surface area contributed by atoms with Crippen LogP contribution in [0.25, 0.3) is 0 Å². The molecule has 0 aliphatic rings. The van der Waals surface area contributed by atoms with Crippen LogP contribution in [0.2, 0.25) is 0 Å². The minimum Gasteiger partial charge on any atom is -0.350 e. The second kappa shape index (κ2) is 10.7. The van der Waals surface area contributed by atoms with E-state index in [4.69, 9.17) is 0 Å². The van der Waals surface area contributed by atoms with Crippen LogP contribution in [0.15, 0.2) is 53.0 Å². The lowest BCUT2D eigenvalue weighted by molar-refractivity contribution is -0.133. The molecular weight excluding hydrogens is 408 g/mol. The second-order valence-corrected chi connectivity index (χ2v) is 8.13. The van der Waals surface area contributed by atoms with E-state index >= 15 is 0 Å². The number of thioether (sulfide) groups is 1. The molecule has 2 aromatic heterocycles. The Hall–Kier alpha value is -2.72. The van der Waals surface area contributed by atoms with Crippen molar-refractivity contribution < 1.29 is 9.59 Å². The number of tetrazole rings is 1. The van der Waals surface area contributed by atoms with Crippen LogP contribution < -0.4 is 5.32 Å². The SMILES string of the molecule is CCN(CC(=O)NCc1cccs1)C(=O)CSc1nnnn1Cc1ccccc1. The van der Waals surface area contributed by atoms with Crippen LogP contribution in [0, 0.1) is 0 Å². The van der Waals surface area contributed by atoms with E-state index < -0.39 is 0 Å². The molecule has 0 unspecified atom stereocenters. The zero-order chi connectivity index (χ0) is 20.5. The molecule has 1 N–H and O–H groups in total. The maximum atomic E-state index is 12.6. The Morgan fingerprint density at radius 3 is 2.76 bits per heavy atom. The molecule has 0 aliphatic heterocycles. The topological polar surface area (TPSA) is 93.0 Å². The van der Waals surface area contributed by atoms with Crippen LogP contribution in [0.4, 0.5) is 0 Å². The third-order valence-electron chi connectivity index (χ3n) is 4.11. The van der Waals surface area contributed by atoms with E-state index in [9.17, 15) is 9.59 Å². The molecule has 2 amide bonds. The second-order valence-electron chi connectivity index (χ2n) is 6.16. The number of amides is 2. The Balaban J connectivity index is 1.48. The third-order valence-corrected chi connectivity index (χ3v) is 5.93. The number of thiophene rings is 1. The van der Waals surface area contributed by atoms with Crippen LogP contribution >= 0.6 is 23.1 Å². The van der Waals surface area contributed by atoms with Gasteiger partial charge in [0.2, 0.25) is 17.0 Å². The summed E-state index contributed by atoms with van der Waals surface area (Å²) in [5.41, 5.74) is 1.07. The number of hydrogen-bond donors (Lipinski definition) is 1. The summed E-state index contributed by atoms with van der Waals surface area (Å²) >= 11 is 2.85. The van der Waals surface area contributed by atoms with Gasteiger partial charge in [-0.05, 0) is 34.4 Å². The normalized spacial score (nSPS) is 10.7. The van der Waals surface area contributed by atoms with Crippen molar-refractivity contribution in [2.75, 3.05) is 18.8 Å². The first-order valence-electron chi connectivity index (χ1n) is 9.15. The van der Waals surface area contributed by atoms with Gasteiger partial charge in [-0.1, -0.05) is 48.2 Å². The lowest BCUT2D eigenvalue weighted by atomic mass is 10.2. The molecule has 0 bridgehead atoms. The van der Waals surface area contributed by atoms with E-state index in [1.54, 1.807) is 16.0 Å². The lowest BCUT2D eigenvalue weighted by Crippen LogP contribution is -2.41. The van der Waals surface area contributed by atoms with Gasteiger partial charge in [-0.25, -0.2) is 4.68 Å². The molecule has 1 aromatic carbocycles. The first kappa shape index (κ1) is 21.0. The Kier molecular flexibility index (Phi) is 7.77. The van der Waals surface area contributed by atoms with Crippen LogP contribution in [0.3, 0.4) is 0 Å². The molecule has 10 heteroatoms. The predicted molar refractivity (Wildman–Crippen MR) is 113 cm³/mol. The van der Waals surface area contributed by atoms with Crippen molar-refractivity contribution in [2.24, 2.45) is 0 Å². The Morgan fingerprint density at radius 2 is 2.03 bits per heavy atom. The van der Waals surface area contributed by atoms with Gasteiger partial charge in [0.15, 0.2) is 0 Å². The van der Waals surface area contributed by atoms with Crippen LogP contribution in [-0.2, 0) is 22.7 Å². The molecule has 0 saturated carbocycles. The van der Waals surface area contributed by atoms with E-state index in [1.807, 2.05) is 54.8 Å². The number of carbonyl (C=O) groups is 2. The molecule has 152 valence electrons. The summed E-state index contributed by atoms with van der Waals surface area (Å²) in [5.74, 6) is -0.133. The summed E-state index contributed by atoms with van der Waals surface area (Å²) in [5, 5.41) is 17.1. The molecular formula is C19H22N6O2S2. The van der Waals surface area contributed by atoms with Crippen molar-refractivity contribution in [1.29, 1.82) is 0 Å². The fourth-order valence-electron chi connectivity index (χ4n) is 2.58. The number of rotatable bonds is 10. The van der Waals surface area contributed by atoms with Gasteiger partial charge in [0.1, 0.15) is 0 Å². The number of hydrogen-bond acceptors (Lipinski definition) is 7. The number of nitrogens with one attached hydrogen (secondary N) is 1. The molecule has 0 fully saturated rings. The number of likely N-dealkylation sites (N-methyl/N-ethyl adjacent to an activating group) is 1. The standard InChI is InChI=1S/C19H22N6O2S2/c1-2-24(13-17(26)20-11-16-9-6-10-28-16)18(27)14-29-19-21-22-23-25(19)12-15-7-4-3-5-8-15/h3-10H,2,11-14H2,1H3,(H,20,26). The minimum absolute atomic E-state index is 0.0379. The van der Waals surface area contributed by atoms with Gasteiger partial charge in [-0.2, -0.15) is 0 Å². The van der Waals surface area contributed by atoms with E-state index in [2.05, 4.69) is 20.8 Å². The maximum absolute atomic E-state index is 12.6. The fourth-order valence-corrected chi connectivity index (χ4v) is 4.00. The largest absolute Gasteiger partial charge is 0.350 e. The molecule has 2 heterocycles. The zero-order valence-electron chi connectivity index (χ0n) is 16.0. The summed E-state index contributed by atoms with van der Waals surface area (Å²) in [4.78, 5) is 27.3. The van der Waals surface area contributed by atoms with Crippen molar-refractivity contribution in [3.05, 3.63) is 58.3 Å². The van der Waals surface area contributed by atoms with Gasteiger partial charge >= 0.3 is 0 Å². The summed E-state index contributed by atoms with van der Waals surface area (Å²) < 4.78 is 1.66. The van der Waals surface area contributed by atoms with Crippen molar-refractivity contribution in [3.63, 3.8) is 0 Å². The molecule has 0 atom stereocenters. The smallest absolute Gasteiger partial charge is 0.239 e. The highest BCUT2D eigenvalue weighted by atomic mass is 32.2. The van der Waals surface area contributed by atoms with Crippen molar-refractivity contribution in [3.8, 4) is 0 Å². The first-order valence-corrected chi connectivity index (χ1v) is 11.0. The predicted octanol–water partition coefficient (Wildman–Crippen LogP) is 2.04. The van der Waals surface area contributed by atoms with E-state index in [0.29, 0.717) is 24.8 Å². The monoisotopic (exact) mass is 430 g/mol. The van der Waals surface area contributed by atoms with Gasteiger partial charge in [0.25, 0.3) is 0 Å². The van der Waals surface area contributed by atoms with Crippen LogP contribution in [0.5, 0.6) is 0 Å². The van der Waals surface area contributed by atoms with Crippen LogP contribution in [-0.4, -0.2) is 55.8 Å². The average molecular weight is 431 g/mol. The Morgan fingerprint density at radius 1 is 1.21 bits per heavy atom. The third kappa shape index (κ3) is 6.40. The summed E-state index contributed by atoms with van der Waals surface area (Å²) in [6.07, 6.45) is 0. The van der Waals surface area contributed by atoms with Crippen molar-refractivity contribution in [1.82, 2.24) is 30.4 Å². The number of benzene rings is 1. The summed E-state index contributed by atoms with van der Waals surface area (Å²) in [6.45, 7) is 3.36. The molecule has 8 nitrogen and oxygen atoms in total. The average Bonchev–Trinajstić information content (AvgIpc) is 3.41. The molecule has 0 radical (unpaired) electrons. The summed E-state index contributed by atoms with van der Waals surface area (Å²) in [6, 6.07) is 13.8. The van der Waals surface area contributed by atoms with Gasteiger partial charge in [-0.3, -0.25) is 9.59 Å². The highest BCUT2D eigenvalue weighted by Crippen LogP contribution is 2.16. The highest BCUT2D eigenvalue weighted by molar-refractivity contribution is 7.99. The van der Waals surface area contributed by atoms with Gasteiger partial charge in [-0.15, -0.1) is 16.4 Å². The molecule has 29 heavy (non-hydrogen) atoms. The first-order chi connectivity index (χ1) is 14.2. The molecule has 0 spiro atoms. The number of carbonyl (C=O) groups excluding carboxylic acids is 2. The Labute approximate surface area is 177 Å². The molecule has 3 aromatic rings. The maximum Gasteiger partial charge on any atom is 0.239 e.